The molecule has 1 heterocycles. The van der Waals surface area contributed by atoms with Gasteiger partial charge in [-0.05, 0) is 67.7 Å². The molecule has 1 N–H and O–H groups in total. The zero-order valence-corrected chi connectivity index (χ0v) is 14.6. The number of carbonyl (C=O) groups excluding carboxylic acids is 1. The lowest BCUT2D eigenvalue weighted by Crippen LogP contribution is -2.31. The smallest absolute Gasteiger partial charge is 0.240 e. The first-order valence-corrected chi connectivity index (χ1v) is 10.4. The van der Waals surface area contributed by atoms with Gasteiger partial charge in [0.1, 0.15) is 0 Å². The quantitative estimate of drug-likeness (QED) is 0.889. The van der Waals surface area contributed by atoms with Crippen LogP contribution in [0.4, 0.5) is 5.69 Å². The van der Waals surface area contributed by atoms with Gasteiger partial charge in [0, 0.05) is 25.2 Å². The summed E-state index contributed by atoms with van der Waals surface area (Å²) in [4.78, 5) is 13.8. The Kier molecular flexibility index (Phi) is 4.12. The number of nitrogens with zero attached hydrogens (tertiary/aromatic N) is 1. The number of anilines is 1. The Balaban J connectivity index is 1.41. The highest BCUT2D eigenvalue weighted by Gasteiger charge is 2.39. The number of rotatable bonds is 5. The zero-order valence-electron chi connectivity index (χ0n) is 13.8. The number of nitrogens with one attached hydrogen (secondary N) is 1. The van der Waals surface area contributed by atoms with E-state index in [2.05, 4.69) is 4.72 Å². The monoisotopic (exact) mass is 348 g/mol. The first-order valence-electron chi connectivity index (χ1n) is 8.93. The van der Waals surface area contributed by atoms with Gasteiger partial charge in [-0.25, -0.2) is 13.1 Å². The van der Waals surface area contributed by atoms with Crippen LogP contribution in [0, 0.1) is 17.8 Å². The van der Waals surface area contributed by atoms with Crippen LogP contribution < -0.4 is 9.62 Å². The number of amides is 1. The van der Waals surface area contributed by atoms with Gasteiger partial charge in [0.2, 0.25) is 15.9 Å². The number of sulfonamides is 1. The molecule has 6 heteroatoms. The van der Waals surface area contributed by atoms with Gasteiger partial charge in [-0.1, -0.05) is 6.42 Å². The second-order valence-corrected chi connectivity index (χ2v) is 9.20. The lowest BCUT2D eigenvalue weighted by molar-refractivity contribution is -0.117. The molecule has 0 spiro atoms. The Hall–Kier alpha value is -1.40. The molecule has 5 nitrogen and oxygen atoms in total. The highest BCUT2D eigenvalue weighted by molar-refractivity contribution is 7.89. The Morgan fingerprint density at radius 3 is 2.50 bits per heavy atom. The van der Waals surface area contributed by atoms with Gasteiger partial charge < -0.3 is 4.90 Å². The molecule has 1 aliphatic heterocycles. The number of carbonyl (C=O) groups is 1. The third-order valence-electron chi connectivity index (χ3n) is 5.95. The van der Waals surface area contributed by atoms with Crippen LogP contribution in [0.25, 0.3) is 0 Å². The topological polar surface area (TPSA) is 66.5 Å². The van der Waals surface area contributed by atoms with E-state index < -0.39 is 10.0 Å². The Labute approximate surface area is 143 Å². The average molecular weight is 348 g/mol. The third kappa shape index (κ3) is 2.97. The van der Waals surface area contributed by atoms with Gasteiger partial charge in [-0.15, -0.1) is 0 Å². The lowest BCUT2D eigenvalue weighted by atomic mass is 9.89. The van der Waals surface area contributed by atoms with Crippen LogP contribution in [0.2, 0.25) is 0 Å². The minimum absolute atomic E-state index is 0.111. The molecule has 0 radical (unpaired) electrons. The van der Waals surface area contributed by atoms with Crippen LogP contribution in [-0.4, -0.2) is 27.4 Å². The van der Waals surface area contributed by atoms with Crippen LogP contribution in [0.15, 0.2) is 29.2 Å². The van der Waals surface area contributed by atoms with Crippen molar-refractivity contribution in [3.63, 3.8) is 0 Å². The maximum atomic E-state index is 12.5. The molecule has 1 aromatic rings. The van der Waals surface area contributed by atoms with Gasteiger partial charge in [-0.2, -0.15) is 0 Å². The van der Waals surface area contributed by atoms with E-state index in [1.54, 1.807) is 29.2 Å². The van der Waals surface area contributed by atoms with Gasteiger partial charge in [-0.3, -0.25) is 4.79 Å². The summed E-state index contributed by atoms with van der Waals surface area (Å²) in [5.41, 5.74) is 0.782. The molecule has 2 bridgehead atoms. The summed E-state index contributed by atoms with van der Waals surface area (Å²) in [6.45, 7) is 1.27. The molecular formula is C18H24N2O3S. The standard InChI is InChI=1S/C18H24N2O3S/c21-18-2-1-9-20(18)16-5-7-17(8-6-16)24(22,23)19-12-15-11-13-3-4-14(15)10-13/h5-8,13-15,19H,1-4,9-12H2/t13-,14+,15+/m0/s1. The molecule has 2 aliphatic carbocycles. The molecule has 4 rings (SSSR count). The van der Waals surface area contributed by atoms with Crippen LogP contribution in [0.3, 0.4) is 0 Å². The van der Waals surface area contributed by atoms with Crippen molar-refractivity contribution in [2.24, 2.45) is 17.8 Å². The summed E-state index contributed by atoms with van der Waals surface area (Å²) in [7, 11) is -3.47. The fourth-order valence-electron chi connectivity index (χ4n) is 4.65. The van der Waals surface area contributed by atoms with Crippen LogP contribution in [0.5, 0.6) is 0 Å². The highest BCUT2D eigenvalue weighted by atomic mass is 32.2. The summed E-state index contributed by atoms with van der Waals surface area (Å²) < 4.78 is 27.8. The molecule has 3 atom stereocenters. The van der Waals surface area contributed by atoms with E-state index in [1.165, 1.54) is 25.7 Å². The first kappa shape index (κ1) is 16.1. The molecule has 130 valence electrons. The predicted molar refractivity (Wildman–Crippen MR) is 92.2 cm³/mol. The fourth-order valence-corrected chi connectivity index (χ4v) is 5.75. The lowest BCUT2D eigenvalue weighted by Gasteiger charge is -2.22. The van der Waals surface area contributed by atoms with Gasteiger partial charge in [0.05, 0.1) is 4.90 Å². The maximum Gasteiger partial charge on any atom is 0.240 e. The molecule has 0 unspecified atom stereocenters. The normalized spacial score (nSPS) is 29.6. The molecule has 24 heavy (non-hydrogen) atoms. The minimum atomic E-state index is -3.47. The molecule has 3 aliphatic rings. The van der Waals surface area contributed by atoms with Crippen LogP contribution >= 0.6 is 0 Å². The van der Waals surface area contributed by atoms with Crippen molar-refractivity contribution >= 4 is 21.6 Å². The van der Waals surface area contributed by atoms with E-state index in [9.17, 15) is 13.2 Å². The van der Waals surface area contributed by atoms with Crippen molar-refractivity contribution in [2.75, 3.05) is 18.0 Å². The minimum Gasteiger partial charge on any atom is -0.312 e. The number of benzene rings is 1. The number of hydrogen-bond donors (Lipinski definition) is 1. The summed E-state index contributed by atoms with van der Waals surface area (Å²) >= 11 is 0. The van der Waals surface area contributed by atoms with Crippen molar-refractivity contribution in [3.05, 3.63) is 24.3 Å². The van der Waals surface area contributed by atoms with Gasteiger partial charge in [0.25, 0.3) is 0 Å². The van der Waals surface area contributed by atoms with E-state index in [0.29, 0.717) is 31.3 Å². The zero-order chi connectivity index (χ0) is 16.7. The second-order valence-electron chi connectivity index (χ2n) is 7.43. The fraction of sp³-hybridized carbons (Fsp3) is 0.611. The van der Waals surface area contributed by atoms with Gasteiger partial charge >= 0.3 is 0 Å². The average Bonchev–Trinajstić information content (AvgIpc) is 3.30. The molecule has 2 saturated carbocycles. The summed E-state index contributed by atoms with van der Waals surface area (Å²) in [5, 5.41) is 0. The van der Waals surface area contributed by atoms with Crippen molar-refractivity contribution in [2.45, 2.75) is 43.4 Å². The van der Waals surface area contributed by atoms with Crippen LogP contribution in [0.1, 0.15) is 38.5 Å². The Bertz CT molecular complexity index is 729. The van der Waals surface area contributed by atoms with E-state index in [4.69, 9.17) is 0 Å². The molecular weight excluding hydrogens is 324 g/mol. The van der Waals surface area contributed by atoms with E-state index >= 15 is 0 Å². The maximum absolute atomic E-state index is 12.5. The number of fused-ring (bicyclic) bond motifs is 2. The van der Waals surface area contributed by atoms with E-state index in [1.807, 2.05) is 0 Å². The molecule has 3 fully saturated rings. The van der Waals surface area contributed by atoms with Crippen molar-refractivity contribution in [3.8, 4) is 0 Å². The third-order valence-corrected chi connectivity index (χ3v) is 7.39. The Morgan fingerprint density at radius 2 is 1.92 bits per heavy atom. The summed E-state index contributed by atoms with van der Waals surface area (Å²) in [5.74, 6) is 2.14. The summed E-state index contributed by atoms with van der Waals surface area (Å²) in [6.07, 6.45) is 6.48. The van der Waals surface area contributed by atoms with Crippen molar-refractivity contribution in [1.82, 2.24) is 4.72 Å². The highest BCUT2D eigenvalue weighted by Crippen LogP contribution is 2.48. The second kappa shape index (κ2) is 6.15. The van der Waals surface area contributed by atoms with Crippen molar-refractivity contribution < 1.29 is 13.2 Å². The number of hydrogen-bond acceptors (Lipinski definition) is 3. The van der Waals surface area contributed by atoms with Crippen LogP contribution in [-0.2, 0) is 14.8 Å². The van der Waals surface area contributed by atoms with Crippen molar-refractivity contribution in [1.29, 1.82) is 0 Å². The Morgan fingerprint density at radius 1 is 1.12 bits per heavy atom. The predicted octanol–water partition coefficient (Wildman–Crippen LogP) is 2.53. The van der Waals surface area contributed by atoms with Gasteiger partial charge in [0.15, 0.2) is 0 Å². The molecule has 1 saturated heterocycles. The van der Waals surface area contributed by atoms with E-state index in [-0.39, 0.29) is 10.8 Å². The first-order chi connectivity index (χ1) is 11.5. The molecule has 1 aromatic carbocycles. The SMILES string of the molecule is O=C1CCCN1c1ccc(S(=O)(=O)NC[C@H]2C[C@H]3CC[C@@H]2C3)cc1. The van der Waals surface area contributed by atoms with E-state index in [0.717, 1.165) is 18.0 Å². The summed E-state index contributed by atoms with van der Waals surface area (Å²) in [6, 6.07) is 6.67. The molecule has 1 amide bonds. The largest absolute Gasteiger partial charge is 0.312 e. The molecule has 0 aromatic heterocycles.